The molecule has 102 valence electrons. The highest BCUT2D eigenvalue weighted by atomic mass is 35.5. The molecule has 2 heterocycles. The maximum absolute atomic E-state index is 12.1. The zero-order chi connectivity index (χ0) is 14.2. The Hall–Kier alpha value is -1.85. The number of aromatic nitrogens is 1. The van der Waals surface area contributed by atoms with Crippen molar-refractivity contribution in [1.82, 2.24) is 4.98 Å². The Kier molecular flexibility index (Phi) is 3.23. The quantitative estimate of drug-likeness (QED) is 0.875. The fraction of sp³-hybridized carbons (Fsp3) is 0.0714. The normalized spacial score (nSPS) is 15.6. The second-order valence-electron chi connectivity index (χ2n) is 4.28. The summed E-state index contributed by atoms with van der Waals surface area (Å²) in [5.41, 5.74) is 1.19. The average molecular weight is 308 g/mol. The summed E-state index contributed by atoms with van der Waals surface area (Å²) in [4.78, 5) is 4.09. The van der Waals surface area contributed by atoms with E-state index in [4.69, 9.17) is 16.3 Å². The average Bonchev–Trinajstić information content (AvgIpc) is 2.70. The Morgan fingerprint density at radius 3 is 2.80 bits per heavy atom. The molecule has 1 aromatic heterocycles. The van der Waals surface area contributed by atoms with Crippen molar-refractivity contribution in [3.8, 4) is 5.75 Å². The largest absolute Gasteiger partial charge is 0.487 e. The van der Waals surface area contributed by atoms with Gasteiger partial charge in [0, 0.05) is 22.7 Å². The van der Waals surface area contributed by atoms with Gasteiger partial charge in [-0.25, -0.2) is 8.42 Å². The molecule has 6 heteroatoms. The fourth-order valence-corrected chi connectivity index (χ4v) is 4.10. The Morgan fingerprint density at radius 1 is 1.20 bits per heavy atom. The van der Waals surface area contributed by atoms with Gasteiger partial charge in [0.05, 0.1) is 16.1 Å². The van der Waals surface area contributed by atoms with Crippen LogP contribution >= 0.6 is 11.6 Å². The van der Waals surface area contributed by atoms with Gasteiger partial charge in [-0.2, -0.15) is 0 Å². The lowest BCUT2D eigenvalue weighted by molar-refractivity contribution is 0.368. The highest BCUT2D eigenvalue weighted by Crippen LogP contribution is 2.38. The van der Waals surface area contributed by atoms with E-state index in [1.807, 2.05) is 0 Å². The SMILES string of the molecule is O=S1(=O)C=C(COc2cccnc2)c2cccc(Cl)c21. The first-order valence-electron chi connectivity index (χ1n) is 5.85. The molecule has 0 spiro atoms. The summed E-state index contributed by atoms with van der Waals surface area (Å²) in [7, 11) is -3.48. The third kappa shape index (κ3) is 2.30. The van der Waals surface area contributed by atoms with Crippen LogP contribution in [0.5, 0.6) is 5.75 Å². The van der Waals surface area contributed by atoms with Crippen molar-refractivity contribution >= 4 is 27.0 Å². The molecule has 0 atom stereocenters. The van der Waals surface area contributed by atoms with Gasteiger partial charge in [0.15, 0.2) is 0 Å². The summed E-state index contributed by atoms with van der Waals surface area (Å²) in [6.45, 7) is 0.151. The molecule has 0 amide bonds. The number of hydrogen-bond donors (Lipinski definition) is 0. The van der Waals surface area contributed by atoms with Crippen molar-refractivity contribution in [3.05, 3.63) is 58.7 Å². The molecule has 1 aromatic carbocycles. The summed E-state index contributed by atoms with van der Waals surface area (Å²) in [6, 6.07) is 8.52. The van der Waals surface area contributed by atoms with Gasteiger partial charge >= 0.3 is 0 Å². The maximum Gasteiger partial charge on any atom is 0.202 e. The van der Waals surface area contributed by atoms with Crippen molar-refractivity contribution in [2.24, 2.45) is 0 Å². The second-order valence-corrected chi connectivity index (χ2v) is 6.42. The van der Waals surface area contributed by atoms with Crippen LogP contribution in [0.3, 0.4) is 0 Å². The van der Waals surface area contributed by atoms with Crippen molar-refractivity contribution in [2.75, 3.05) is 6.61 Å². The van der Waals surface area contributed by atoms with E-state index in [0.717, 1.165) is 0 Å². The van der Waals surface area contributed by atoms with E-state index in [-0.39, 0.29) is 16.5 Å². The van der Waals surface area contributed by atoms with Crippen molar-refractivity contribution < 1.29 is 13.2 Å². The van der Waals surface area contributed by atoms with Gasteiger partial charge in [-0.1, -0.05) is 23.7 Å². The number of rotatable bonds is 3. The Labute approximate surface area is 121 Å². The molecule has 0 aliphatic carbocycles. The Balaban J connectivity index is 1.92. The summed E-state index contributed by atoms with van der Waals surface area (Å²) >= 11 is 5.97. The molecule has 2 aromatic rings. The van der Waals surface area contributed by atoms with E-state index in [9.17, 15) is 8.42 Å². The van der Waals surface area contributed by atoms with Gasteiger partial charge in [-0.15, -0.1) is 0 Å². The van der Waals surface area contributed by atoms with Crippen LogP contribution < -0.4 is 4.74 Å². The summed E-state index contributed by atoms with van der Waals surface area (Å²) < 4.78 is 29.7. The Morgan fingerprint density at radius 2 is 2.05 bits per heavy atom. The minimum Gasteiger partial charge on any atom is -0.487 e. The molecule has 0 radical (unpaired) electrons. The molecule has 1 aliphatic heterocycles. The molecule has 4 nitrogen and oxygen atoms in total. The maximum atomic E-state index is 12.1. The predicted molar refractivity (Wildman–Crippen MR) is 76.3 cm³/mol. The van der Waals surface area contributed by atoms with E-state index in [0.29, 0.717) is 16.9 Å². The van der Waals surface area contributed by atoms with E-state index in [1.54, 1.807) is 42.7 Å². The smallest absolute Gasteiger partial charge is 0.202 e. The number of sulfone groups is 1. The Bertz CT molecular complexity index is 785. The number of nitrogens with zero attached hydrogens (tertiary/aromatic N) is 1. The van der Waals surface area contributed by atoms with Crippen LogP contribution in [-0.2, 0) is 9.84 Å². The zero-order valence-corrected chi connectivity index (χ0v) is 11.9. The van der Waals surface area contributed by atoms with Crippen LogP contribution in [-0.4, -0.2) is 20.0 Å². The number of hydrogen-bond acceptors (Lipinski definition) is 4. The second kappa shape index (κ2) is 4.92. The standard InChI is InChI=1S/C14H10ClNO3S/c15-13-5-1-4-12-10(9-20(17,18)14(12)13)8-19-11-3-2-6-16-7-11/h1-7,9H,8H2. The van der Waals surface area contributed by atoms with Gasteiger partial charge in [-0.05, 0) is 18.2 Å². The fourth-order valence-electron chi connectivity index (χ4n) is 2.07. The predicted octanol–water partition coefficient (Wildman–Crippen LogP) is 2.94. The van der Waals surface area contributed by atoms with Crippen molar-refractivity contribution in [3.63, 3.8) is 0 Å². The number of benzene rings is 1. The van der Waals surface area contributed by atoms with Gasteiger partial charge in [0.25, 0.3) is 0 Å². The van der Waals surface area contributed by atoms with Gasteiger partial charge in [0.2, 0.25) is 9.84 Å². The number of ether oxygens (including phenoxy) is 1. The van der Waals surface area contributed by atoms with Crippen LogP contribution in [0.1, 0.15) is 5.56 Å². The third-order valence-electron chi connectivity index (χ3n) is 2.92. The first-order valence-corrected chi connectivity index (χ1v) is 7.78. The first kappa shape index (κ1) is 13.1. The topological polar surface area (TPSA) is 56.3 Å². The van der Waals surface area contributed by atoms with E-state index in [2.05, 4.69) is 4.98 Å². The van der Waals surface area contributed by atoms with Gasteiger partial charge < -0.3 is 4.74 Å². The number of pyridine rings is 1. The molecule has 0 bridgehead atoms. The van der Waals surface area contributed by atoms with Crippen molar-refractivity contribution in [2.45, 2.75) is 4.90 Å². The molecule has 3 rings (SSSR count). The summed E-state index contributed by atoms with van der Waals surface area (Å²) in [5, 5.41) is 1.44. The number of halogens is 1. The van der Waals surface area contributed by atoms with E-state index in [1.165, 1.54) is 5.41 Å². The van der Waals surface area contributed by atoms with Gasteiger partial charge in [0.1, 0.15) is 12.4 Å². The molecule has 0 saturated carbocycles. The molecule has 1 aliphatic rings. The van der Waals surface area contributed by atoms with Crippen LogP contribution in [0.15, 0.2) is 53.0 Å². The molecule has 0 unspecified atom stereocenters. The van der Waals surface area contributed by atoms with Crippen LogP contribution in [0, 0.1) is 0 Å². The zero-order valence-electron chi connectivity index (χ0n) is 10.3. The van der Waals surface area contributed by atoms with Crippen LogP contribution in [0.25, 0.3) is 5.57 Å². The minimum atomic E-state index is -3.48. The molecule has 0 fully saturated rings. The molecular formula is C14H10ClNO3S. The molecule has 0 saturated heterocycles. The van der Waals surface area contributed by atoms with E-state index < -0.39 is 9.84 Å². The van der Waals surface area contributed by atoms with Gasteiger partial charge in [-0.3, -0.25) is 4.98 Å². The lowest BCUT2D eigenvalue weighted by atomic mass is 10.1. The summed E-state index contributed by atoms with van der Waals surface area (Å²) in [5.74, 6) is 0.585. The number of fused-ring (bicyclic) bond motifs is 1. The highest BCUT2D eigenvalue weighted by Gasteiger charge is 2.29. The third-order valence-corrected chi connectivity index (χ3v) is 4.95. The van der Waals surface area contributed by atoms with E-state index >= 15 is 0 Å². The molecular weight excluding hydrogens is 298 g/mol. The summed E-state index contributed by atoms with van der Waals surface area (Å²) in [6.07, 6.45) is 3.21. The lowest BCUT2D eigenvalue weighted by Gasteiger charge is -2.07. The monoisotopic (exact) mass is 307 g/mol. The van der Waals surface area contributed by atoms with Crippen LogP contribution in [0.2, 0.25) is 5.02 Å². The lowest BCUT2D eigenvalue weighted by Crippen LogP contribution is -1.99. The van der Waals surface area contributed by atoms with Crippen molar-refractivity contribution in [1.29, 1.82) is 0 Å². The molecule has 20 heavy (non-hydrogen) atoms. The minimum absolute atomic E-state index is 0.151. The highest BCUT2D eigenvalue weighted by molar-refractivity contribution is 7.95. The van der Waals surface area contributed by atoms with Crippen LogP contribution in [0.4, 0.5) is 0 Å². The molecule has 0 N–H and O–H groups in total. The first-order chi connectivity index (χ1) is 9.58.